The average Bonchev–Trinajstić information content (AvgIpc) is 3.88. The maximum absolute atomic E-state index is 15.2. The number of nitrogens with zero attached hydrogens (tertiary/aromatic N) is 4. The van der Waals surface area contributed by atoms with Gasteiger partial charge >= 0.3 is 129 Å². The minimum atomic E-state index is -1.35. The van der Waals surface area contributed by atoms with E-state index in [1.54, 1.807) is 23.4 Å². The molecule has 7 rings (SSSR count). The van der Waals surface area contributed by atoms with Crippen LogP contribution in [0.1, 0.15) is 77.9 Å². The van der Waals surface area contributed by atoms with E-state index in [9.17, 15) is 47.9 Å². The first kappa shape index (κ1) is 55.9. The molecule has 24 nitrogen and oxygen atoms in total. The van der Waals surface area contributed by atoms with Crippen molar-refractivity contribution < 1.29 is 66.9 Å². The van der Waals surface area contributed by atoms with Crippen molar-refractivity contribution in [2.24, 2.45) is 11.5 Å². The topological polar surface area (TPSA) is 351 Å². The summed E-state index contributed by atoms with van der Waals surface area (Å²) in [6, 6.07) is 1.59. The molecule has 1 aromatic carbocycles. The van der Waals surface area contributed by atoms with Crippen LogP contribution in [0, 0.1) is 12.7 Å². The molecule has 3 radical (unpaired) electrons. The Morgan fingerprint density at radius 3 is 2.36 bits per heavy atom. The number of halogens is 1. The van der Waals surface area contributed by atoms with Crippen LogP contribution in [0.25, 0.3) is 22.3 Å². The van der Waals surface area contributed by atoms with Crippen LogP contribution < -0.4 is 38.3 Å². The Bertz CT molecular complexity index is 2770. The van der Waals surface area contributed by atoms with Crippen LogP contribution in [0.3, 0.4) is 0 Å². The van der Waals surface area contributed by atoms with Crippen LogP contribution in [-0.2, 0) is 77.0 Å². The van der Waals surface area contributed by atoms with Crippen molar-refractivity contribution in [3.8, 4) is 11.4 Å². The second-order valence-electron chi connectivity index (χ2n) is 16.7. The number of aliphatic carboxylic acids is 1. The van der Waals surface area contributed by atoms with Crippen LogP contribution in [-0.4, -0.2) is 163 Å². The molecule has 3 atom stereocenters. The molecule has 26 heteroatoms. The van der Waals surface area contributed by atoms with Crippen molar-refractivity contribution in [1.82, 2.24) is 40.6 Å². The Hall–Kier alpha value is -7.01. The smallest absolute Gasteiger partial charge is 0.480 e. The fourth-order valence-corrected chi connectivity index (χ4v) is 9.38. The minimum Gasteiger partial charge on any atom is -0.480 e. The first-order valence-corrected chi connectivity index (χ1v) is 25.3. The molecule has 5 heterocycles. The zero-order chi connectivity index (χ0) is 53.0. The van der Waals surface area contributed by atoms with Gasteiger partial charge in [-0.2, -0.15) is 0 Å². The van der Waals surface area contributed by atoms with Gasteiger partial charge < -0.3 is 41.8 Å². The third kappa shape index (κ3) is 12.9. The molecule has 3 aliphatic heterocycles. The zero-order valence-corrected chi connectivity index (χ0v) is 43.5. The number of pyridine rings is 2. The van der Waals surface area contributed by atoms with Crippen molar-refractivity contribution in [1.29, 1.82) is 0 Å². The number of ether oxygens (including phenoxy) is 2. The summed E-state index contributed by atoms with van der Waals surface area (Å²) in [7, 11) is 1.72. The number of nitrogens with one attached hydrogen (secondary N) is 4. The standard InChI is InChI=1S/C32H34FN4O6.C13H17N5O7.CH3NO.Pb/c1-5-7-26(38)34-15-42-14-27(39)36(4)24-9-8-18-16(3)22(33)11-23-28(18)29(24)20-12-37-25(30(20)35-23)10-19-17(6-2)32(41)43-13-21(19)31(37)40;14-8(19)4-16-9(20)5-17-13(25)7(3-15-6-12(23)24)18-10(21)1-2-11(18)22;2-1-3;/h10-11,17,24H,1,5-9,12-15H2,2-4H3,(H,34,38);1-2,7,15H,3-6H2,(H2,14,19)(H,16,20)(H,17,25)(H,23,24);1H,(H2,2,3);. The number of amides is 8. The number of cyclic esters (lactones) is 1. The van der Waals surface area contributed by atoms with E-state index in [0.29, 0.717) is 64.2 Å². The Kier molecular flexibility index (Phi) is 19.7. The molecule has 0 spiro atoms. The predicted molar refractivity (Wildman–Crippen MR) is 251 cm³/mol. The van der Waals surface area contributed by atoms with Gasteiger partial charge in [-0.05, 0) is 42.5 Å². The number of primary amides is 2. The number of hydrogen-bond donors (Lipinski definition) is 7. The molecule has 1 aliphatic carbocycles. The van der Waals surface area contributed by atoms with Crippen molar-refractivity contribution in [2.75, 3.05) is 46.6 Å². The molecule has 3 aromatic rings. The molecule has 383 valence electrons. The maximum atomic E-state index is 15.2. The van der Waals surface area contributed by atoms with Crippen LogP contribution in [0.5, 0.6) is 0 Å². The van der Waals surface area contributed by atoms with E-state index in [4.69, 9.17) is 30.1 Å². The number of imide groups is 1. The Balaban J connectivity index is 0.000000293. The number of carboxylic acid groups (broad SMARTS) is 1. The molecule has 0 bridgehead atoms. The monoisotopic (exact) mass is 1200 g/mol. The predicted octanol–water partition coefficient (Wildman–Crippen LogP) is -1.90. The van der Waals surface area contributed by atoms with Gasteiger partial charge in [-0.25, -0.2) is 9.37 Å². The van der Waals surface area contributed by atoms with Gasteiger partial charge in [-0.3, -0.25) is 48.1 Å². The molecular formula is C46H54FN10O14Pb. The van der Waals surface area contributed by atoms with Crippen LogP contribution in [0.2, 0.25) is 3.98 Å². The van der Waals surface area contributed by atoms with E-state index in [2.05, 4.69) is 27.0 Å². The zero-order valence-electron chi connectivity index (χ0n) is 39.6. The molecule has 72 heavy (non-hydrogen) atoms. The first-order chi connectivity index (χ1) is 34.3. The van der Waals surface area contributed by atoms with Crippen molar-refractivity contribution in [2.45, 2.75) is 81.1 Å². The number of carbonyl (C=O) groups is 10. The summed E-state index contributed by atoms with van der Waals surface area (Å²) in [6.07, 6.45) is 5.10. The third-order valence-electron chi connectivity index (χ3n) is 12.2. The summed E-state index contributed by atoms with van der Waals surface area (Å²) in [4.78, 5) is 136. The summed E-state index contributed by atoms with van der Waals surface area (Å²) >= 11 is 1.06. The molecule has 9 N–H and O–H groups in total. The van der Waals surface area contributed by atoms with E-state index in [-0.39, 0.29) is 74.6 Å². The number of carboxylic acids is 1. The van der Waals surface area contributed by atoms with Crippen LogP contribution in [0.4, 0.5) is 4.39 Å². The third-order valence-corrected chi connectivity index (χ3v) is 13.5. The van der Waals surface area contributed by atoms with E-state index >= 15 is 4.39 Å². The van der Waals surface area contributed by atoms with Gasteiger partial charge in [-0.1, -0.05) is 6.92 Å². The van der Waals surface area contributed by atoms with Gasteiger partial charge in [0.15, 0.2) is 0 Å². The summed E-state index contributed by atoms with van der Waals surface area (Å²) in [5.74, 6) is -6.58. The fraction of sp³-hybridized carbons (Fsp3) is 0.435. The van der Waals surface area contributed by atoms with Crippen molar-refractivity contribution in [3.63, 3.8) is 0 Å². The molecule has 8 amide bonds. The summed E-state index contributed by atoms with van der Waals surface area (Å²) in [5, 5.41) is 18.9. The fourth-order valence-electron chi connectivity index (χ4n) is 8.69. The quantitative estimate of drug-likeness (QED) is 0.0135. The van der Waals surface area contributed by atoms with Gasteiger partial charge in [0.2, 0.25) is 24.1 Å². The van der Waals surface area contributed by atoms with Gasteiger partial charge in [0.05, 0.1) is 54.6 Å². The molecule has 0 saturated heterocycles. The van der Waals surface area contributed by atoms with E-state index in [1.807, 2.05) is 13.0 Å². The van der Waals surface area contributed by atoms with E-state index in [0.717, 1.165) is 70.4 Å². The molecule has 2 aromatic heterocycles. The van der Waals surface area contributed by atoms with E-state index in [1.165, 1.54) is 6.07 Å². The second-order valence-corrected chi connectivity index (χ2v) is 18.6. The number of rotatable bonds is 19. The minimum absolute atomic E-state index is 0.0473. The summed E-state index contributed by atoms with van der Waals surface area (Å²) < 4.78 is 28.7. The van der Waals surface area contributed by atoms with Gasteiger partial charge in [-0.15, -0.1) is 0 Å². The SMILES string of the molecule is CCC1C(=O)OCc2c1cc1n(c2=O)Cc2c-1nc1cc(F)c(C)c3c1c2C(N(C)C(=O)COCNC(=O)CC[CH2][Pb])CC3.NC(=O)CNC(=O)CNC(=O)C(CNCC(=O)O)N1C(=O)C=CC1=O.NC=O. The van der Waals surface area contributed by atoms with Crippen molar-refractivity contribution in [3.05, 3.63) is 73.8 Å². The molecule has 0 saturated carbocycles. The van der Waals surface area contributed by atoms with E-state index < -0.39 is 67.1 Å². The number of fused-ring (bicyclic) bond motifs is 5. The number of benzene rings is 1. The van der Waals surface area contributed by atoms with Gasteiger partial charge in [0, 0.05) is 35.7 Å². The van der Waals surface area contributed by atoms with Gasteiger partial charge in [0.1, 0.15) is 18.5 Å². The van der Waals surface area contributed by atoms with Gasteiger partial charge in [0.25, 0.3) is 17.4 Å². The number of carbonyl (C=O) groups excluding carboxylic acids is 9. The number of aromatic nitrogens is 2. The number of esters is 1. The normalized spacial score (nSPS) is 16.1. The average molecular weight is 1200 g/mol. The Morgan fingerprint density at radius 1 is 1.03 bits per heavy atom. The van der Waals surface area contributed by atoms with Crippen molar-refractivity contribution >= 4 is 96.4 Å². The molecular weight excluding hydrogens is 1140 g/mol. The Labute approximate surface area is 426 Å². The molecule has 3 unspecified atom stereocenters. The number of aryl methyl sites for hydroxylation is 1. The van der Waals surface area contributed by atoms with Crippen LogP contribution in [0.15, 0.2) is 29.1 Å². The molecule has 4 aliphatic rings. The number of nitrogens with two attached hydrogens (primary N) is 2. The first-order valence-electron chi connectivity index (χ1n) is 22.6. The molecule has 0 fully saturated rings. The van der Waals surface area contributed by atoms with Crippen LogP contribution >= 0.6 is 0 Å². The second kappa shape index (κ2) is 25.4. The summed E-state index contributed by atoms with van der Waals surface area (Å²) in [5.41, 5.74) is 14.6. The number of likely N-dealkylation sites (N-methyl/N-ethyl adjacent to an activating group) is 1. The summed E-state index contributed by atoms with van der Waals surface area (Å²) in [6.45, 7) is 1.81. The Morgan fingerprint density at radius 2 is 1.72 bits per heavy atom. The number of hydrogen-bond acceptors (Lipinski definition) is 15.